The molecule has 1 aromatic carbocycles. The maximum absolute atomic E-state index is 13.0. The average Bonchev–Trinajstić information content (AvgIpc) is 3.13. The third-order valence-electron chi connectivity index (χ3n) is 5.05. The zero-order valence-electron chi connectivity index (χ0n) is 15.1. The first kappa shape index (κ1) is 19.3. The van der Waals surface area contributed by atoms with Gasteiger partial charge in [-0.3, -0.25) is 4.79 Å². The van der Waals surface area contributed by atoms with Crippen molar-refractivity contribution in [2.45, 2.75) is 56.1 Å². The molecule has 2 heterocycles. The monoisotopic (exact) mass is 381 g/mol. The van der Waals surface area contributed by atoms with E-state index in [1.165, 1.54) is 4.31 Å². The number of anilines is 1. The lowest BCUT2D eigenvalue weighted by atomic mass is 10.2. The van der Waals surface area contributed by atoms with Gasteiger partial charge in [0.25, 0.3) is 5.91 Å². The van der Waals surface area contributed by atoms with Crippen LogP contribution in [-0.2, 0) is 19.6 Å². The van der Waals surface area contributed by atoms with Crippen molar-refractivity contribution in [3.05, 3.63) is 23.8 Å². The minimum absolute atomic E-state index is 0.0844. The first-order valence-electron chi connectivity index (χ1n) is 9.19. The summed E-state index contributed by atoms with van der Waals surface area (Å²) < 4.78 is 33.1. The first-order valence-corrected chi connectivity index (χ1v) is 10.6. The van der Waals surface area contributed by atoms with E-state index in [0.717, 1.165) is 25.7 Å². The van der Waals surface area contributed by atoms with Crippen LogP contribution >= 0.6 is 0 Å². The van der Waals surface area contributed by atoms with Gasteiger partial charge in [-0.1, -0.05) is 12.5 Å². The van der Waals surface area contributed by atoms with Crippen molar-refractivity contribution in [3.63, 3.8) is 0 Å². The van der Waals surface area contributed by atoms with Gasteiger partial charge in [0.2, 0.25) is 10.0 Å². The first-order chi connectivity index (χ1) is 12.4. The Labute approximate surface area is 154 Å². The summed E-state index contributed by atoms with van der Waals surface area (Å²) in [5.74, 6) is -0.258. The summed E-state index contributed by atoms with van der Waals surface area (Å²) in [4.78, 5) is 12.6. The third kappa shape index (κ3) is 4.09. The number of nitrogens with zero attached hydrogens (tertiary/aromatic N) is 1. The largest absolute Gasteiger partial charge is 0.364 e. The molecule has 2 saturated heterocycles. The number of benzene rings is 1. The quantitative estimate of drug-likeness (QED) is 0.807. The SMILES string of the molecule is Cc1ccc(NC(=O)[C@@H]2CC[C@H](CN)O2)cc1S(=O)(=O)N1CCCCC1. The number of nitrogens with one attached hydrogen (secondary N) is 1. The summed E-state index contributed by atoms with van der Waals surface area (Å²) in [7, 11) is -3.55. The standard InChI is InChI=1S/C18H27N3O4S/c1-13-5-6-14(20-18(22)16-8-7-15(12-19)25-16)11-17(13)26(23,24)21-9-3-2-4-10-21/h5-6,11,15-16H,2-4,7-10,12,19H2,1H3,(H,20,22)/t15-,16+/m1/s1. The number of sulfonamides is 1. The smallest absolute Gasteiger partial charge is 0.253 e. The molecule has 0 unspecified atom stereocenters. The Morgan fingerprint density at radius 3 is 2.65 bits per heavy atom. The van der Waals surface area contributed by atoms with E-state index in [4.69, 9.17) is 10.5 Å². The lowest BCUT2D eigenvalue weighted by Crippen LogP contribution is -2.36. The molecule has 26 heavy (non-hydrogen) atoms. The van der Waals surface area contributed by atoms with Crippen LogP contribution in [-0.4, -0.2) is 50.5 Å². The highest BCUT2D eigenvalue weighted by molar-refractivity contribution is 7.89. The zero-order chi connectivity index (χ0) is 18.7. The molecule has 2 aliphatic rings. The molecule has 0 aliphatic carbocycles. The zero-order valence-corrected chi connectivity index (χ0v) is 15.9. The Hall–Kier alpha value is -1.48. The van der Waals surface area contributed by atoms with E-state index in [0.29, 0.717) is 37.3 Å². The van der Waals surface area contributed by atoms with Crippen molar-refractivity contribution < 1.29 is 17.9 Å². The maximum atomic E-state index is 13.0. The van der Waals surface area contributed by atoms with Crippen molar-refractivity contribution in [3.8, 4) is 0 Å². The number of piperidine rings is 1. The van der Waals surface area contributed by atoms with Crippen LogP contribution in [0.5, 0.6) is 0 Å². The van der Waals surface area contributed by atoms with Crippen LogP contribution in [0.1, 0.15) is 37.7 Å². The summed E-state index contributed by atoms with van der Waals surface area (Å²) in [5.41, 5.74) is 6.72. The fourth-order valence-electron chi connectivity index (χ4n) is 3.49. The van der Waals surface area contributed by atoms with Gasteiger partial charge in [0.05, 0.1) is 11.0 Å². The molecule has 3 N–H and O–H groups in total. The molecule has 1 aromatic rings. The number of amides is 1. The minimum atomic E-state index is -3.55. The maximum Gasteiger partial charge on any atom is 0.253 e. The Morgan fingerprint density at radius 2 is 2.00 bits per heavy atom. The van der Waals surface area contributed by atoms with Crippen molar-refractivity contribution in [2.24, 2.45) is 5.73 Å². The van der Waals surface area contributed by atoms with E-state index < -0.39 is 16.1 Å². The van der Waals surface area contributed by atoms with Crippen LogP contribution < -0.4 is 11.1 Å². The van der Waals surface area contributed by atoms with Crippen LogP contribution in [0.15, 0.2) is 23.1 Å². The van der Waals surface area contributed by atoms with E-state index >= 15 is 0 Å². The number of ether oxygens (including phenoxy) is 1. The number of nitrogens with two attached hydrogens (primary N) is 1. The number of carbonyl (C=O) groups is 1. The Morgan fingerprint density at radius 1 is 1.27 bits per heavy atom. The highest BCUT2D eigenvalue weighted by Crippen LogP contribution is 2.27. The summed E-state index contributed by atoms with van der Waals surface area (Å²) in [6.07, 6.45) is 3.60. The average molecular weight is 381 g/mol. The molecule has 2 aliphatic heterocycles. The fourth-order valence-corrected chi connectivity index (χ4v) is 5.26. The molecule has 2 fully saturated rings. The van der Waals surface area contributed by atoms with Crippen LogP contribution in [0, 0.1) is 6.92 Å². The highest BCUT2D eigenvalue weighted by atomic mass is 32.2. The highest BCUT2D eigenvalue weighted by Gasteiger charge is 2.31. The van der Waals surface area contributed by atoms with Gasteiger partial charge in [-0.25, -0.2) is 8.42 Å². The second kappa shape index (κ2) is 8.04. The number of hydrogen-bond donors (Lipinski definition) is 2. The van der Waals surface area contributed by atoms with Crippen LogP contribution in [0.3, 0.4) is 0 Å². The summed E-state index contributed by atoms with van der Waals surface area (Å²) >= 11 is 0. The van der Waals surface area contributed by atoms with Gasteiger partial charge in [0.15, 0.2) is 0 Å². The molecule has 7 nitrogen and oxygen atoms in total. The van der Waals surface area contributed by atoms with Crippen molar-refractivity contribution in [1.29, 1.82) is 0 Å². The van der Waals surface area contributed by atoms with Gasteiger partial charge in [-0.05, 0) is 50.3 Å². The predicted molar refractivity (Wildman–Crippen MR) is 99.4 cm³/mol. The minimum Gasteiger partial charge on any atom is -0.364 e. The Kier molecular flexibility index (Phi) is 5.96. The van der Waals surface area contributed by atoms with Crippen LogP contribution in [0.4, 0.5) is 5.69 Å². The van der Waals surface area contributed by atoms with E-state index in [9.17, 15) is 13.2 Å². The van der Waals surface area contributed by atoms with E-state index in [1.54, 1.807) is 25.1 Å². The van der Waals surface area contributed by atoms with Crippen molar-refractivity contribution in [1.82, 2.24) is 4.31 Å². The molecular formula is C18H27N3O4S. The topological polar surface area (TPSA) is 102 Å². The Balaban J connectivity index is 1.76. The van der Waals surface area contributed by atoms with E-state index in [-0.39, 0.29) is 16.9 Å². The molecule has 144 valence electrons. The molecule has 2 atom stereocenters. The number of hydrogen-bond acceptors (Lipinski definition) is 5. The molecule has 8 heteroatoms. The molecule has 0 bridgehead atoms. The number of carbonyl (C=O) groups excluding carboxylic acids is 1. The third-order valence-corrected chi connectivity index (χ3v) is 7.09. The van der Waals surface area contributed by atoms with E-state index in [2.05, 4.69) is 5.32 Å². The second-order valence-corrected chi connectivity index (χ2v) is 8.90. The summed E-state index contributed by atoms with van der Waals surface area (Å²) in [5, 5.41) is 2.78. The number of aryl methyl sites for hydroxylation is 1. The van der Waals surface area contributed by atoms with Gasteiger partial charge >= 0.3 is 0 Å². The summed E-state index contributed by atoms with van der Waals surface area (Å²) in [6, 6.07) is 5.00. The number of rotatable bonds is 5. The lowest BCUT2D eigenvalue weighted by Gasteiger charge is -2.26. The molecule has 1 amide bonds. The van der Waals surface area contributed by atoms with Crippen LogP contribution in [0.25, 0.3) is 0 Å². The van der Waals surface area contributed by atoms with Gasteiger partial charge in [-0.15, -0.1) is 0 Å². The van der Waals surface area contributed by atoms with Gasteiger partial charge in [-0.2, -0.15) is 4.31 Å². The molecule has 0 saturated carbocycles. The molecule has 0 aromatic heterocycles. The Bertz CT molecular complexity index is 760. The van der Waals surface area contributed by atoms with Gasteiger partial charge in [0, 0.05) is 25.3 Å². The fraction of sp³-hybridized carbons (Fsp3) is 0.611. The molecule has 0 radical (unpaired) electrons. The normalized spacial score (nSPS) is 24.5. The van der Waals surface area contributed by atoms with Crippen LogP contribution in [0.2, 0.25) is 0 Å². The second-order valence-electron chi connectivity index (χ2n) is 6.99. The molecular weight excluding hydrogens is 354 g/mol. The van der Waals surface area contributed by atoms with E-state index in [1.807, 2.05) is 0 Å². The van der Waals surface area contributed by atoms with Gasteiger partial charge in [0.1, 0.15) is 6.10 Å². The lowest BCUT2D eigenvalue weighted by molar-refractivity contribution is -0.126. The van der Waals surface area contributed by atoms with Crippen molar-refractivity contribution >= 4 is 21.6 Å². The molecule has 0 spiro atoms. The van der Waals surface area contributed by atoms with Crippen molar-refractivity contribution in [2.75, 3.05) is 25.0 Å². The summed E-state index contributed by atoms with van der Waals surface area (Å²) in [6.45, 7) is 3.27. The van der Waals surface area contributed by atoms with Gasteiger partial charge < -0.3 is 15.8 Å². The predicted octanol–water partition coefficient (Wildman–Crippen LogP) is 1.61. The molecule has 3 rings (SSSR count).